The van der Waals surface area contributed by atoms with Gasteiger partial charge in [-0.05, 0) is 55.5 Å². The van der Waals surface area contributed by atoms with E-state index in [1.807, 2.05) is 24.5 Å². The third-order valence-corrected chi connectivity index (χ3v) is 4.04. The van der Waals surface area contributed by atoms with E-state index in [9.17, 15) is 5.26 Å². The highest BCUT2D eigenvalue weighted by Crippen LogP contribution is 2.35. The monoisotopic (exact) mass is 271 g/mol. The number of hydrogen-bond donors (Lipinski definition) is 0. The van der Waals surface area contributed by atoms with E-state index in [1.54, 1.807) is 0 Å². The van der Waals surface area contributed by atoms with E-state index < -0.39 is 0 Å². The van der Waals surface area contributed by atoms with E-state index in [4.69, 9.17) is 0 Å². The van der Waals surface area contributed by atoms with Crippen LogP contribution in [0.4, 0.5) is 0 Å². The molecule has 3 heteroatoms. The molecule has 0 bridgehead atoms. The summed E-state index contributed by atoms with van der Waals surface area (Å²) in [5.41, 5.74) is 1.37. The topological polar surface area (TPSA) is 39.9 Å². The SMILES string of the molecule is CC(C)(C)CN1CCC(C#N)(Cc2ccncc2)CC1. The average Bonchev–Trinajstić information content (AvgIpc) is 2.41. The Balaban J connectivity index is 1.97. The maximum atomic E-state index is 9.64. The highest BCUT2D eigenvalue weighted by Gasteiger charge is 2.35. The first-order valence-electron chi connectivity index (χ1n) is 7.45. The van der Waals surface area contributed by atoms with Crippen LogP contribution in [-0.4, -0.2) is 29.5 Å². The number of hydrogen-bond acceptors (Lipinski definition) is 3. The van der Waals surface area contributed by atoms with E-state index >= 15 is 0 Å². The zero-order valence-electron chi connectivity index (χ0n) is 12.9. The van der Waals surface area contributed by atoms with Gasteiger partial charge in [-0.15, -0.1) is 0 Å². The quantitative estimate of drug-likeness (QED) is 0.847. The molecule has 1 saturated heterocycles. The van der Waals surface area contributed by atoms with Crippen molar-refractivity contribution in [3.8, 4) is 6.07 Å². The van der Waals surface area contributed by atoms with Crippen molar-refractivity contribution in [2.75, 3.05) is 19.6 Å². The van der Waals surface area contributed by atoms with Crippen LogP contribution in [0.25, 0.3) is 0 Å². The van der Waals surface area contributed by atoms with E-state index in [1.165, 1.54) is 5.56 Å². The van der Waals surface area contributed by atoms with Crippen molar-refractivity contribution in [2.45, 2.75) is 40.0 Å². The Morgan fingerprint density at radius 3 is 2.35 bits per heavy atom. The minimum Gasteiger partial charge on any atom is -0.303 e. The molecule has 0 amide bonds. The van der Waals surface area contributed by atoms with Gasteiger partial charge in [-0.25, -0.2) is 0 Å². The van der Waals surface area contributed by atoms with Gasteiger partial charge in [-0.2, -0.15) is 5.26 Å². The Bertz CT molecular complexity index is 459. The van der Waals surface area contributed by atoms with E-state index in [0.717, 1.165) is 38.9 Å². The van der Waals surface area contributed by atoms with Gasteiger partial charge in [0.2, 0.25) is 0 Å². The predicted octanol–water partition coefficient (Wildman–Crippen LogP) is 3.28. The number of likely N-dealkylation sites (tertiary alicyclic amines) is 1. The van der Waals surface area contributed by atoms with E-state index in [-0.39, 0.29) is 5.41 Å². The van der Waals surface area contributed by atoms with Crippen molar-refractivity contribution >= 4 is 0 Å². The number of nitrogens with zero attached hydrogens (tertiary/aromatic N) is 3. The summed E-state index contributed by atoms with van der Waals surface area (Å²) in [4.78, 5) is 6.55. The van der Waals surface area contributed by atoms with Crippen LogP contribution < -0.4 is 0 Å². The Morgan fingerprint density at radius 1 is 1.25 bits per heavy atom. The van der Waals surface area contributed by atoms with Crippen LogP contribution in [0.3, 0.4) is 0 Å². The standard InChI is InChI=1S/C17H25N3/c1-16(2,3)14-20-10-6-17(13-18,7-11-20)12-15-4-8-19-9-5-15/h4-5,8-9H,6-7,10-12,14H2,1-3H3. The van der Waals surface area contributed by atoms with Gasteiger partial charge in [0, 0.05) is 18.9 Å². The number of piperidine rings is 1. The summed E-state index contributed by atoms with van der Waals surface area (Å²) in [6.07, 6.45) is 6.43. The number of aromatic nitrogens is 1. The molecule has 0 aromatic carbocycles. The molecule has 0 saturated carbocycles. The highest BCUT2D eigenvalue weighted by molar-refractivity contribution is 5.17. The molecular weight excluding hydrogens is 246 g/mol. The first-order chi connectivity index (χ1) is 9.42. The Kier molecular flexibility index (Phi) is 4.45. The molecule has 0 aliphatic carbocycles. The number of nitriles is 1. The number of rotatable bonds is 3. The summed E-state index contributed by atoms with van der Waals surface area (Å²) in [6.45, 7) is 10.0. The highest BCUT2D eigenvalue weighted by atomic mass is 15.1. The lowest BCUT2D eigenvalue weighted by molar-refractivity contribution is 0.109. The number of pyridine rings is 1. The fraction of sp³-hybridized carbons (Fsp3) is 0.647. The molecule has 0 N–H and O–H groups in total. The minimum atomic E-state index is -0.185. The molecule has 2 heterocycles. The van der Waals surface area contributed by atoms with Gasteiger partial charge in [0.1, 0.15) is 0 Å². The minimum absolute atomic E-state index is 0.185. The Morgan fingerprint density at radius 2 is 1.85 bits per heavy atom. The molecule has 1 aliphatic rings. The molecular formula is C17H25N3. The van der Waals surface area contributed by atoms with Crippen molar-refractivity contribution in [1.29, 1.82) is 5.26 Å². The molecule has 1 fully saturated rings. The van der Waals surface area contributed by atoms with E-state index in [0.29, 0.717) is 5.41 Å². The molecule has 2 rings (SSSR count). The Hall–Kier alpha value is -1.40. The summed E-state index contributed by atoms with van der Waals surface area (Å²) >= 11 is 0. The first-order valence-corrected chi connectivity index (χ1v) is 7.45. The molecule has 0 radical (unpaired) electrons. The van der Waals surface area contributed by atoms with Gasteiger partial charge in [-0.3, -0.25) is 4.98 Å². The van der Waals surface area contributed by atoms with Crippen molar-refractivity contribution in [2.24, 2.45) is 10.8 Å². The van der Waals surface area contributed by atoms with Crippen LogP contribution >= 0.6 is 0 Å². The fourth-order valence-electron chi connectivity index (χ4n) is 3.03. The van der Waals surface area contributed by atoms with Crippen LogP contribution in [-0.2, 0) is 6.42 Å². The lowest BCUT2D eigenvalue weighted by Gasteiger charge is -2.39. The summed E-state index contributed by atoms with van der Waals surface area (Å²) in [7, 11) is 0. The largest absolute Gasteiger partial charge is 0.303 e. The smallest absolute Gasteiger partial charge is 0.0694 e. The summed E-state index contributed by atoms with van der Waals surface area (Å²) in [5, 5.41) is 9.64. The summed E-state index contributed by atoms with van der Waals surface area (Å²) < 4.78 is 0. The van der Waals surface area contributed by atoms with Gasteiger partial charge in [0.25, 0.3) is 0 Å². The second kappa shape index (κ2) is 5.93. The van der Waals surface area contributed by atoms with Gasteiger partial charge in [-0.1, -0.05) is 20.8 Å². The zero-order valence-corrected chi connectivity index (χ0v) is 12.9. The molecule has 0 unspecified atom stereocenters. The van der Waals surface area contributed by atoms with Crippen molar-refractivity contribution in [3.63, 3.8) is 0 Å². The molecule has 0 spiro atoms. The molecule has 3 nitrogen and oxygen atoms in total. The summed E-state index contributed by atoms with van der Waals surface area (Å²) in [6, 6.07) is 6.66. The Labute approximate surface area is 122 Å². The maximum Gasteiger partial charge on any atom is 0.0694 e. The van der Waals surface area contributed by atoms with Crippen molar-refractivity contribution in [3.05, 3.63) is 30.1 Å². The molecule has 108 valence electrons. The average molecular weight is 271 g/mol. The molecule has 1 aromatic rings. The first kappa shape index (κ1) is 15.0. The van der Waals surface area contributed by atoms with Crippen LogP contribution in [0.5, 0.6) is 0 Å². The maximum absolute atomic E-state index is 9.64. The normalized spacial score (nSPS) is 19.5. The second-order valence-corrected chi connectivity index (χ2v) is 7.26. The van der Waals surface area contributed by atoms with Gasteiger partial charge in [0.15, 0.2) is 0 Å². The van der Waals surface area contributed by atoms with Crippen molar-refractivity contribution < 1.29 is 0 Å². The predicted molar refractivity (Wildman–Crippen MR) is 81.1 cm³/mol. The fourth-order valence-corrected chi connectivity index (χ4v) is 3.03. The molecule has 20 heavy (non-hydrogen) atoms. The lowest BCUT2D eigenvalue weighted by atomic mass is 9.75. The second-order valence-electron chi connectivity index (χ2n) is 7.26. The zero-order chi connectivity index (χ0) is 14.6. The molecule has 1 aliphatic heterocycles. The van der Waals surface area contributed by atoms with Gasteiger partial charge >= 0.3 is 0 Å². The third-order valence-electron chi connectivity index (χ3n) is 4.04. The van der Waals surface area contributed by atoms with Gasteiger partial charge < -0.3 is 4.90 Å². The van der Waals surface area contributed by atoms with Crippen LogP contribution in [0.2, 0.25) is 0 Å². The molecule has 0 atom stereocenters. The molecule has 1 aromatic heterocycles. The van der Waals surface area contributed by atoms with Gasteiger partial charge in [0.05, 0.1) is 11.5 Å². The lowest BCUT2D eigenvalue weighted by Crippen LogP contribution is -2.43. The summed E-state index contributed by atoms with van der Waals surface area (Å²) in [5.74, 6) is 0. The van der Waals surface area contributed by atoms with Crippen LogP contribution in [0.15, 0.2) is 24.5 Å². The van der Waals surface area contributed by atoms with Crippen molar-refractivity contribution in [1.82, 2.24) is 9.88 Å². The van der Waals surface area contributed by atoms with Crippen LogP contribution in [0, 0.1) is 22.2 Å². The van der Waals surface area contributed by atoms with Crippen LogP contribution in [0.1, 0.15) is 39.2 Å². The third kappa shape index (κ3) is 4.05. The van der Waals surface area contributed by atoms with E-state index in [2.05, 4.69) is 36.7 Å².